The van der Waals surface area contributed by atoms with Crippen LogP contribution in [0.15, 0.2) is 30.5 Å². The molecular weight excluding hydrogens is 233 g/mol. The van der Waals surface area contributed by atoms with Crippen molar-refractivity contribution in [2.75, 3.05) is 7.11 Å². The summed E-state index contributed by atoms with van der Waals surface area (Å²) in [6.07, 6.45) is 1.69. The number of nitrogens with zero attached hydrogens (tertiary/aromatic N) is 1. The minimum Gasteiger partial charge on any atom is -0.496 e. The summed E-state index contributed by atoms with van der Waals surface area (Å²) in [6, 6.07) is 6.56. The third-order valence-corrected chi connectivity index (χ3v) is 2.82. The van der Waals surface area contributed by atoms with Crippen LogP contribution in [0.3, 0.4) is 0 Å². The maximum Gasteiger partial charge on any atom is 0.131 e. The summed E-state index contributed by atoms with van der Waals surface area (Å²) in [5.74, 6) is 0.290. The van der Waals surface area contributed by atoms with Crippen molar-refractivity contribution in [1.29, 1.82) is 0 Å². The Hall–Kier alpha value is -1.88. The Bertz CT molecular complexity index is 499. The molecule has 0 aliphatic rings. The number of hydrogen-bond acceptors (Lipinski definition) is 3. The zero-order chi connectivity index (χ0) is 13.0. The van der Waals surface area contributed by atoms with Crippen LogP contribution in [0.4, 0.5) is 4.39 Å². The van der Waals surface area contributed by atoms with E-state index in [1.54, 1.807) is 25.4 Å². The van der Waals surface area contributed by atoms with E-state index in [1.807, 2.05) is 13.0 Å². The van der Waals surface area contributed by atoms with Crippen molar-refractivity contribution >= 4 is 0 Å². The SMILES string of the molecule is COc1cccc(F)c1C(C)NCc1ccn[nH]1. The number of methoxy groups -OCH3 is 1. The van der Waals surface area contributed by atoms with Gasteiger partial charge in [0, 0.05) is 30.0 Å². The largest absolute Gasteiger partial charge is 0.496 e. The lowest BCUT2D eigenvalue weighted by atomic mass is 10.1. The lowest BCUT2D eigenvalue weighted by molar-refractivity contribution is 0.393. The van der Waals surface area contributed by atoms with Crippen molar-refractivity contribution in [2.24, 2.45) is 0 Å². The molecule has 1 atom stereocenters. The van der Waals surface area contributed by atoms with E-state index in [1.165, 1.54) is 6.07 Å². The summed E-state index contributed by atoms with van der Waals surface area (Å²) in [7, 11) is 1.54. The molecule has 1 heterocycles. The van der Waals surface area contributed by atoms with E-state index in [-0.39, 0.29) is 11.9 Å². The molecule has 4 nitrogen and oxygen atoms in total. The second-order valence-electron chi connectivity index (χ2n) is 4.04. The predicted molar refractivity (Wildman–Crippen MR) is 66.8 cm³/mol. The van der Waals surface area contributed by atoms with Gasteiger partial charge >= 0.3 is 0 Å². The summed E-state index contributed by atoms with van der Waals surface area (Å²) in [4.78, 5) is 0. The maximum absolute atomic E-state index is 13.8. The van der Waals surface area contributed by atoms with Crippen LogP contribution >= 0.6 is 0 Å². The number of H-pyrrole nitrogens is 1. The Morgan fingerprint density at radius 1 is 1.44 bits per heavy atom. The molecule has 0 radical (unpaired) electrons. The first-order valence-corrected chi connectivity index (χ1v) is 5.76. The van der Waals surface area contributed by atoms with Gasteiger partial charge in [0.1, 0.15) is 11.6 Å². The Labute approximate surface area is 105 Å². The highest BCUT2D eigenvalue weighted by Crippen LogP contribution is 2.27. The standard InChI is InChI=1S/C13H16FN3O/c1-9(15-8-10-6-7-16-17-10)13-11(14)4-3-5-12(13)18-2/h3-7,9,15H,8H2,1-2H3,(H,16,17). The number of nitrogens with one attached hydrogen (secondary N) is 2. The zero-order valence-electron chi connectivity index (χ0n) is 10.4. The lowest BCUT2D eigenvalue weighted by Crippen LogP contribution is -2.20. The molecule has 0 saturated carbocycles. The van der Waals surface area contributed by atoms with Gasteiger partial charge in [-0.25, -0.2) is 4.39 Å². The van der Waals surface area contributed by atoms with Crippen LogP contribution in [-0.4, -0.2) is 17.3 Å². The first-order chi connectivity index (χ1) is 8.72. The molecule has 0 spiro atoms. The Balaban J connectivity index is 2.10. The Morgan fingerprint density at radius 3 is 2.94 bits per heavy atom. The molecule has 1 aromatic heterocycles. The molecular formula is C13H16FN3O. The number of aromatic amines is 1. The molecule has 18 heavy (non-hydrogen) atoms. The first-order valence-electron chi connectivity index (χ1n) is 5.76. The molecule has 1 unspecified atom stereocenters. The maximum atomic E-state index is 13.8. The highest BCUT2D eigenvalue weighted by atomic mass is 19.1. The van der Waals surface area contributed by atoms with E-state index >= 15 is 0 Å². The molecule has 0 amide bonds. The van der Waals surface area contributed by atoms with Crippen LogP contribution in [0, 0.1) is 5.82 Å². The van der Waals surface area contributed by atoms with Gasteiger partial charge in [0.05, 0.1) is 7.11 Å². The second kappa shape index (κ2) is 5.64. The van der Waals surface area contributed by atoms with Crippen LogP contribution in [0.1, 0.15) is 24.2 Å². The van der Waals surface area contributed by atoms with Gasteiger partial charge in [0.2, 0.25) is 0 Å². The number of benzene rings is 1. The van der Waals surface area contributed by atoms with Crippen molar-refractivity contribution in [2.45, 2.75) is 19.5 Å². The Morgan fingerprint density at radius 2 is 2.28 bits per heavy atom. The van der Waals surface area contributed by atoms with Gasteiger partial charge in [-0.05, 0) is 25.1 Å². The number of halogens is 1. The summed E-state index contributed by atoms with van der Waals surface area (Å²) in [5, 5.41) is 9.94. The monoisotopic (exact) mass is 249 g/mol. The van der Waals surface area contributed by atoms with E-state index in [4.69, 9.17) is 4.74 Å². The molecule has 1 aromatic carbocycles. The van der Waals surface area contributed by atoms with E-state index < -0.39 is 0 Å². The molecule has 2 rings (SSSR count). The minimum absolute atomic E-state index is 0.149. The molecule has 2 N–H and O–H groups in total. The van der Waals surface area contributed by atoms with Gasteiger partial charge in [-0.2, -0.15) is 5.10 Å². The van der Waals surface area contributed by atoms with Gasteiger partial charge in [-0.1, -0.05) is 6.07 Å². The average Bonchev–Trinajstić information content (AvgIpc) is 2.88. The molecule has 2 aromatic rings. The number of rotatable bonds is 5. The molecule has 0 aliphatic heterocycles. The van der Waals surface area contributed by atoms with Crippen LogP contribution in [0.5, 0.6) is 5.75 Å². The van der Waals surface area contributed by atoms with Crippen LogP contribution in [-0.2, 0) is 6.54 Å². The zero-order valence-corrected chi connectivity index (χ0v) is 10.4. The molecule has 5 heteroatoms. The Kier molecular flexibility index (Phi) is 3.94. The van der Waals surface area contributed by atoms with E-state index in [0.29, 0.717) is 17.9 Å². The topological polar surface area (TPSA) is 49.9 Å². The summed E-state index contributed by atoms with van der Waals surface area (Å²) < 4.78 is 19.0. The second-order valence-corrected chi connectivity index (χ2v) is 4.04. The third-order valence-electron chi connectivity index (χ3n) is 2.82. The number of ether oxygens (including phenoxy) is 1. The van der Waals surface area contributed by atoms with Crippen molar-refractivity contribution < 1.29 is 9.13 Å². The fourth-order valence-electron chi connectivity index (χ4n) is 1.86. The van der Waals surface area contributed by atoms with Crippen molar-refractivity contribution in [3.63, 3.8) is 0 Å². The molecule has 0 saturated heterocycles. The van der Waals surface area contributed by atoms with Gasteiger partial charge in [-0.3, -0.25) is 5.10 Å². The predicted octanol–water partition coefficient (Wildman–Crippen LogP) is 2.41. The number of hydrogen-bond donors (Lipinski definition) is 2. The molecule has 96 valence electrons. The van der Waals surface area contributed by atoms with Gasteiger partial charge in [0.25, 0.3) is 0 Å². The summed E-state index contributed by atoms with van der Waals surface area (Å²) in [6.45, 7) is 2.50. The van der Waals surface area contributed by atoms with Crippen LogP contribution in [0.25, 0.3) is 0 Å². The summed E-state index contributed by atoms with van der Waals surface area (Å²) in [5.41, 5.74) is 1.50. The van der Waals surface area contributed by atoms with Crippen LogP contribution in [0.2, 0.25) is 0 Å². The molecule has 0 fully saturated rings. The van der Waals surface area contributed by atoms with Crippen LogP contribution < -0.4 is 10.1 Å². The minimum atomic E-state index is -0.265. The van der Waals surface area contributed by atoms with Gasteiger partial charge in [0.15, 0.2) is 0 Å². The average molecular weight is 249 g/mol. The van der Waals surface area contributed by atoms with Crippen molar-refractivity contribution in [3.05, 3.63) is 47.5 Å². The first kappa shape index (κ1) is 12.6. The number of aromatic nitrogens is 2. The highest BCUT2D eigenvalue weighted by molar-refractivity contribution is 5.36. The fraction of sp³-hybridized carbons (Fsp3) is 0.308. The summed E-state index contributed by atoms with van der Waals surface area (Å²) >= 11 is 0. The fourth-order valence-corrected chi connectivity index (χ4v) is 1.86. The molecule has 0 aliphatic carbocycles. The highest BCUT2D eigenvalue weighted by Gasteiger charge is 2.15. The van der Waals surface area contributed by atoms with Gasteiger partial charge < -0.3 is 10.1 Å². The lowest BCUT2D eigenvalue weighted by Gasteiger charge is -2.17. The smallest absolute Gasteiger partial charge is 0.131 e. The van der Waals surface area contributed by atoms with E-state index in [0.717, 1.165) is 5.69 Å². The quantitative estimate of drug-likeness (QED) is 0.855. The van der Waals surface area contributed by atoms with E-state index in [2.05, 4.69) is 15.5 Å². The van der Waals surface area contributed by atoms with E-state index in [9.17, 15) is 4.39 Å². The molecule has 0 bridgehead atoms. The van der Waals surface area contributed by atoms with Crippen molar-refractivity contribution in [3.8, 4) is 5.75 Å². The van der Waals surface area contributed by atoms with Gasteiger partial charge in [-0.15, -0.1) is 0 Å². The normalized spacial score (nSPS) is 12.4. The van der Waals surface area contributed by atoms with Crippen molar-refractivity contribution in [1.82, 2.24) is 15.5 Å². The third kappa shape index (κ3) is 2.68.